The minimum Gasteiger partial charge on any atom is -0.477 e. The molecule has 1 N–H and O–H groups in total. The van der Waals surface area contributed by atoms with Gasteiger partial charge in [0.25, 0.3) is 0 Å². The second-order valence-electron chi connectivity index (χ2n) is 3.35. The molecule has 0 aliphatic rings. The van der Waals surface area contributed by atoms with E-state index in [2.05, 4.69) is 4.98 Å². The van der Waals surface area contributed by atoms with E-state index in [4.69, 9.17) is 9.84 Å². The predicted molar refractivity (Wildman–Crippen MR) is 56.6 cm³/mol. The van der Waals surface area contributed by atoms with Crippen LogP contribution in [-0.4, -0.2) is 20.6 Å². The highest BCUT2D eigenvalue weighted by Gasteiger charge is 2.13. The molecule has 5 nitrogen and oxygen atoms in total. The lowest BCUT2D eigenvalue weighted by Crippen LogP contribution is -2.05. The molecule has 2 rings (SSSR count). The van der Waals surface area contributed by atoms with Crippen LogP contribution in [0.1, 0.15) is 10.5 Å². The van der Waals surface area contributed by atoms with Crippen LogP contribution in [0.3, 0.4) is 0 Å². The first-order valence-corrected chi connectivity index (χ1v) is 4.76. The minimum atomic E-state index is -1.10. The maximum Gasteiger partial charge on any atom is 0.354 e. The van der Waals surface area contributed by atoms with Crippen molar-refractivity contribution in [2.75, 3.05) is 0 Å². The van der Waals surface area contributed by atoms with Crippen molar-refractivity contribution in [3.63, 3.8) is 0 Å². The van der Waals surface area contributed by atoms with Gasteiger partial charge < -0.3 is 9.84 Å². The van der Waals surface area contributed by atoms with Crippen LogP contribution in [0.25, 0.3) is 0 Å². The molecule has 17 heavy (non-hydrogen) atoms. The third-order valence-corrected chi connectivity index (χ3v) is 2.17. The summed E-state index contributed by atoms with van der Waals surface area (Å²) in [6.45, 7) is 0. The Bertz CT molecular complexity index is 566. The maximum atomic E-state index is 12.9. The van der Waals surface area contributed by atoms with Crippen LogP contribution < -0.4 is 4.74 Å². The molecule has 1 aromatic heterocycles. The van der Waals surface area contributed by atoms with Crippen molar-refractivity contribution in [1.29, 1.82) is 0 Å². The summed E-state index contributed by atoms with van der Waals surface area (Å²) in [7, 11) is 1.51. The summed E-state index contributed by atoms with van der Waals surface area (Å²) >= 11 is 0. The molecule has 6 heteroatoms. The number of hydrogen-bond acceptors (Lipinski definition) is 3. The van der Waals surface area contributed by atoms with Crippen LogP contribution in [-0.2, 0) is 7.05 Å². The fourth-order valence-electron chi connectivity index (χ4n) is 1.32. The summed E-state index contributed by atoms with van der Waals surface area (Å²) in [6, 6.07) is 5.61. The van der Waals surface area contributed by atoms with Gasteiger partial charge in [0.1, 0.15) is 17.3 Å². The molecule has 0 aliphatic heterocycles. The first-order chi connectivity index (χ1) is 8.08. The summed E-state index contributed by atoms with van der Waals surface area (Å²) in [4.78, 5) is 14.6. The highest BCUT2D eigenvalue weighted by Crippen LogP contribution is 2.21. The van der Waals surface area contributed by atoms with Gasteiger partial charge in [0, 0.05) is 13.1 Å². The van der Waals surface area contributed by atoms with Crippen LogP contribution in [0.4, 0.5) is 4.39 Å². The van der Waals surface area contributed by atoms with Crippen LogP contribution in [0.2, 0.25) is 0 Å². The Morgan fingerprint density at radius 1 is 1.53 bits per heavy atom. The Labute approximate surface area is 96.1 Å². The van der Waals surface area contributed by atoms with Gasteiger partial charge in [-0.15, -0.1) is 0 Å². The van der Waals surface area contributed by atoms with Crippen molar-refractivity contribution in [1.82, 2.24) is 9.55 Å². The van der Waals surface area contributed by atoms with E-state index in [9.17, 15) is 9.18 Å². The number of halogens is 1. The van der Waals surface area contributed by atoms with E-state index in [1.54, 1.807) is 6.07 Å². The van der Waals surface area contributed by atoms with Crippen molar-refractivity contribution < 1.29 is 19.0 Å². The summed E-state index contributed by atoms with van der Waals surface area (Å²) in [5.41, 5.74) is -0.00333. The van der Waals surface area contributed by atoms with Crippen molar-refractivity contribution in [2.45, 2.75) is 0 Å². The number of rotatable bonds is 3. The van der Waals surface area contributed by atoms with E-state index in [1.807, 2.05) is 0 Å². The normalized spacial score (nSPS) is 10.2. The monoisotopic (exact) mass is 236 g/mol. The quantitative estimate of drug-likeness (QED) is 0.885. The van der Waals surface area contributed by atoms with Gasteiger partial charge in [-0.05, 0) is 12.1 Å². The van der Waals surface area contributed by atoms with E-state index in [-0.39, 0.29) is 17.5 Å². The largest absolute Gasteiger partial charge is 0.477 e. The van der Waals surface area contributed by atoms with Crippen LogP contribution in [0.15, 0.2) is 30.5 Å². The Kier molecular flexibility index (Phi) is 2.78. The number of carboxylic acid groups (broad SMARTS) is 1. The Morgan fingerprint density at radius 3 is 2.88 bits per heavy atom. The molecule has 0 saturated heterocycles. The summed E-state index contributed by atoms with van der Waals surface area (Å²) in [5.74, 6) is -1.28. The number of hydrogen-bond donors (Lipinski definition) is 1. The number of benzene rings is 1. The molecule has 0 spiro atoms. The molecular weight excluding hydrogens is 227 g/mol. The smallest absolute Gasteiger partial charge is 0.354 e. The fourth-order valence-corrected chi connectivity index (χ4v) is 1.32. The zero-order valence-electron chi connectivity index (χ0n) is 8.92. The van der Waals surface area contributed by atoms with Crippen LogP contribution in [0.5, 0.6) is 11.8 Å². The second-order valence-corrected chi connectivity index (χ2v) is 3.35. The first-order valence-electron chi connectivity index (χ1n) is 4.76. The topological polar surface area (TPSA) is 64.4 Å². The lowest BCUT2D eigenvalue weighted by atomic mass is 10.3. The number of nitrogens with zero attached hydrogens (tertiary/aromatic N) is 2. The van der Waals surface area contributed by atoms with E-state index >= 15 is 0 Å². The third kappa shape index (κ3) is 2.25. The number of carboxylic acids is 1. The van der Waals surface area contributed by atoms with Crippen molar-refractivity contribution in [3.8, 4) is 11.8 Å². The standard InChI is InChI=1S/C11H9FN2O3/c1-14-9(10(15)16)6-13-11(14)17-8-4-2-3-7(12)5-8/h2-6H,1H3,(H,15,16). The molecule has 1 heterocycles. The predicted octanol–water partition coefficient (Wildman–Crippen LogP) is 2.05. The molecule has 0 saturated carbocycles. The molecule has 0 unspecified atom stereocenters. The van der Waals surface area contributed by atoms with E-state index in [0.29, 0.717) is 0 Å². The molecular formula is C11H9FN2O3. The second kappa shape index (κ2) is 4.25. The van der Waals surface area contributed by atoms with Crippen molar-refractivity contribution in [3.05, 3.63) is 42.0 Å². The van der Waals surface area contributed by atoms with E-state index in [0.717, 1.165) is 0 Å². The molecule has 0 bridgehead atoms. The Morgan fingerprint density at radius 2 is 2.29 bits per heavy atom. The molecule has 0 aliphatic carbocycles. The van der Waals surface area contributed by atoms with Gasteiger partial charge in [0.15, 0.2) is 0 Å². The summed E-state index contributed by atoms with van der Waals surface area (Å²) < 4.78 is 19.4. The van der Waals surface area contributed by atoms with Gasteiger partial charge in [-0.2, -0.15) is 0 Å². The maximum absolute atomic E-state index is 12.9. The van der Waals surface area contributed by atoms with Gasteiger partial charge in [-0.1, -0.05) is 6.07 Å². The molecule has 0 fully saturated rings. The summed E-state index contributed by atoms with van der Waals surface area (Å²) in [6.07, 6.45) is 1.18. The average molecular weight is 236 g/mol. The number of aromatic carboxylic acids is 1. The third-order valence-electron chi connectivity index (χ3n) is 2.17. The number of ether oxygens (including phenoxy) is 1. The number of imidazole rings is 1. The first kappa shape index (κ1) is 11.1. The molecule has 0 amide bonds. The van der Waals surface area contributed by atoms with Gasteiger partial charge in [-0.3, -0.25) is 4.57 Å². The lowest BCUT2D eigenvalue weighted by Gasteiger charge is -2.05. The molecule has 2 aromatic rings. The SMILES string of the molecule is Cn1c(C(=O)O)cnc1Oc1cccc(F)c1. The summed E-state index contributed by atoms with van der Waals surface area (Å²) in [5, 5.41) is 8.81. The van der Waals surface area contributed by atoms with Gasteiger partial charge in [0.2, 0.25) is 0 Å². The Hall–Kier alpha value is -2.37. The van der Waals surface area contributed by atoms with Crippen LogP contribution >= 0.6 is 0 Å². The van der Waals surface area contributed by atoms with Gasteiger partial charge >= 0.3 is 12.0 Å². The molecule has 88 valence electrons. The van der Waals surface area contributed by atoms with E-state index < -0.39 is 11.8 Å². The Balaban J connectivity index is 2.28. The zero-order chi connectivity index (χ0) is 12.4. The van der Waals surface area contributed by atoms with E-state index in [1.165, 1.54) is 36.0 Å². The zero-order valence-corrected chi connectivity index (χ0v) is 8.92. The molecule has 0 radical (unpaired) electrons. The number of carbonyl (C=O) groups is 1. The average Bonchev–Trinajstić information content (AvgIpc) is 2.61. The minimum absolute atomic E-state index is 0.00333. The number of aromatic nitrogens is 2. The van der Waals surface area contributed by atoms with Crippen molar-refractivity contribution >= 4 is 5.97 Å². The highest BCUT2D eigenvalue weighted by atomic mass is 19.1. The van der Waals surface area contributed by atoms with Gasteiger partial charge in [0.05, 0.1) is 6.20 Å². The van der Waals surface area contributed by atoms with Gasteiger partial charge in [-0.25, -0.2) is 14.2 Å². The lowest BCUT2D eigenvalue weighted by molar-refractivity contribution is 0.0685. The fraction of sp³-hybridized carbons (Fsp3) is 0.0909. The van der Waals surface area contributed by atoms with Crippen molar-refractivity contribution in [2.24, 2.45) is 7.05 Å². The molecule has 1 aromatic carbocycles. The molecule has 0 atom stereocenters. The highest BCUT2D eigenvalue weighted by molar-refractivity contribution is 5.85. The van der Waals surface area contributed by atoms with Crippen LogP contribution in [0, 0.1) is 5.82 Å².